The van der Waals surface area contributed by atoms with Gasteiger partial charge in [0.15, 0.2) is 0 Å². The van der Waals surface area contributed by atoms with Crippen LogP contribution in [-0.4, -0.2) is 16.1 Å². The SMILES string of the molecule is O=C(O)Cc1ccc(CNc2cccnc2Br)s1. The minimum atomic E-state index is -0.800. The molecular formula is C12H11BrN2O2S. The van der Waals surface area contributed by atoms with Crippen LogP contribution in [0, 0.1) is 0 Å². The topological polar surface area (TPSA) is 62.2 Å². The third kappa shape index (κ3) is 3.54. The van der Waals surface area contributed by atoms with E-state index in [2.05, 4.69) is 26.2 Å². The second-order valence-corrected chi connectivity index (χ2v) is 5.64. The maximum atomic E-state index is 10.6. The number of hydrogen-bond donors (Lipinski definition) is 2. The zero-order valence-corrected chi connectivity index (χ0v) is 11.8. The molecule has 0 saturated heterocycles. The number of carboxylic acids is 1. The van der Waals surface area contributed by atoms with E-state index < -0.39 is 5.97 Å². The summed E-state index contributed by atoms with van der Waals surface area (Å²) in [6.45, 7) is 0.661. The number of aliphatic carboxylic acids is 1. The van der Waals surface area contributed by atoms with Gasteiger partial charge in [0.2, 0.25) is 0 Å². The van der Waals surface area contributed by atoms with E-state index in [1.807, 2.05) is 24.3 Å². The average Bonchev–Trinajstić information content (AvgIpc) is 2.75. The average molecular weight is 327 g/mol. The molecule has 2 heterocycles. The molecular weight excluding hydrogens is 316 g/mol. The van der Waals surface area contributed by atoms with E-state index in [1.165, 1.54) is 11.3 Å². The van der Waals surface area contributed by atoms with Crippen LogP contribution in [-0.2, 0) is 17.8 Å². The first-order valence-corrected chi connectivity index (χ1v) is 6.90. The summed E-state index contributed by atoms with van der Waals surface area (Å²) in [6.07, 6.45) is 1.80. The number of aromatic nitrogens is 1. The Bertz CT molecular complexity index is 557. The molecule has 0 aliphatic heterocycles. The summed E-state index contributed by atoms with van der Waals surface area (Å²) in [7, 11) is 0. The van der Waals surface area contributed by atoms with Crippen LogP contribution in [0.5, 0.6) is 0 Å². The Balaban J connectivity index is 1.96. The molecule has 2 rings (SSSR count). The van der Waals surface area contributed by atoms with Crippen LogP contribution in [0.4, 0.5) is 5.69 Å². The number of halogens is 1. The van der Waals surface area contributed by atoms with Gasteiger partial charge in [0, 0.05) is 22.5 Å². The highest BCUT2D eigenvalue weighted by molar-refractivity contribution is 9.10. The summed E-state index contributed by atoms with van der Waals surface area (Å²) in [5.74, 6) is -0.800. The number of carbonyl (C=O) groups is 1. The Morgan fingerprint density at radius 3 is 2.89 bits per heavy atom. The van der Waals surface area contributed by atoms with Crippen molar-refractivity contribution in [2.45, 2.75) is 13.0 Å². The van der Waals surface area contributed by atoms with Crippen molar-refractivity contribution in [1.29, 1.82) is 0 Å². The lowest BCUT2D eigenvalue weighted by molar-refractivity contribution is -0.136. The maximum absolute atomic E-state index is 10.6. The normalized spacial score (nSPS) is 10.3. The van der Waals surface area contributed by atoms with E-state index in [9.17, 15) is 4.79 Å². The van der Waals surface area contributed by atoms with Crippen molar-refractivity contribution in [3.8, 4) is 0 Å². The molecule has 6 heteroatoms. The van der Waals surface area contributed by atoms with Gasteiger partial charge >= 0.3 is 5.97 Å². The lowest BCUT2D eigenvalue weighted by Gasteiger charge is -2.05. The number of pyridine rings is 1. The molecule has 2 aromatic heterocycles. The molecule has 0 unspecified atom stereocenters. The lowest BCUT2D eigenvalue weighted by atomic mass is 10.3. The predicted octanol–water partition coefficient (Wildman–Crippen LogP) is 3.14. The van der Waals surface area contributed by atoms with Crippen LogP contribution in [0.15, 0.2) is 35.1 Å². The third-order valence-corrected chi connectivity index (χ3v) is 3.97. The van der Waals surface area contributed by atoms with Crippen LogP contribution < -0.4 is 5.32 Å². The number of rotatable bonds is 5. The number of thiophene rings is 1. The minimum absolute atomic E-state index is 0.0846. The van der Waals surface area contributed by atoms with E-state index in [0.29, 0.717) is 6.54 Å². The molecule has 0 fully saturated rings. The second kappa shape index (κ2) is 5.97. The number of anilines is 1. The molecule has 0 aliphatic carbocycles. The van der Waals surface area contributed by atoms with Crippen molar-refractivity contribution in [1.82, 2.24) is 4.98 Å². The number of nitrogens with zero attached hydrogens (tertiary/aromatic N) is 1. The Hall–Kier alpha value is -1.40. The van der Waals surface area contributed by atoms with Crippen molar-refractivity contribution in [2.75, 3.05) is 5.32 Å². The first-order valence-electron chi connectivity index (χ1n) is 5.29. The standard InChI is InChI=1S/C12H11BrN2O2S/c13-12-10(2-1-5-14-12)15-7-9-4-3-8(18-9)6-11(16)17/h1-5,15H,6-7H2,(H,16,17). The van der Waals surface area contributed by atoms with Crippen molar-refractivity contribution < 1.29 is 9.90 Å². The first kappa shape index (κ1) is 13.0. The van der Waals surface area contributed by atoms with Gasteiger partial charge in [0.1, 0.15) is 4.60 Å². The summed E-state index contributed by atoms with van der Waals surface area (Å²) >= 11 is 4.87. The zero-order chi connectivity index (χ0) is 13.0. The number of nitrogens with one attached hydrogen (secondary N) is 1. The van der Waals surface area contributed by atoms with Gasteiger partial charge in [-0.2, -0.15) is 0 Å². The van der Waals surface area contributed by atoms with Crippen molar-refractivity contribution in [3.63, 3.8) is 0 Å². The largest absolute Gasteiger partial charge is 0.481 e. The fourth-order valence-corrected chi connectivity index (χ4v) is 2.80. The van der Waals surface area contributed by atoms with Crippen LogP contribution >= 0.6 is 27.3 Å². The van der Waals surface area contributed by atoms with E-state index in [1.54, 1.807) is 6.20 Å². The van der Waals surface area contributed by atoms with Crippen molar-refractivity contribution in [2.24, 2.45) is 0 Å². The molecule has 2 aromatic rings. The fraction of sp³-hybridized carbons (Fsp3) is 0.167. The van der Waals surface area contributed by atoms with Crippen molar-refractivity contribution >= 4 is 38.9 Å². The van der Waals surface area contributed by atoms with Gasteiger partial charge in [-0.25, -0.2) is 4.98 Å². The zero-order valence-electron chi connectivity index (χ0n) is 9.39. The summed E-state index contributed by atoms with van der Waals surface area (Å²) in [5, 5.41) is 11.9. The third-order valence-electron chi connectivity index (χ3n) is 2.25. The van der Waals surface area contributed by atoms with E-state index in [0.717, 1.165) is 20.0 Å². The molecule has 4 nitrogen and oxygen atoms in total. The Morgan fingerprint density at radius 2 is 2.17 bits per heavy atom. The molecule has 94 valence electrons. The molecule has 0 radical (unpaired) electrons. The lowest BCUT2D eigenvalue weighted by Crippen LogP contribution is -1.99. The summed E-state index contributed by atoms with van der Waals surface area (Å²) < 4.78 is 0.771. The smallest absolute Gasteiger partial charge is 0.308 e. The van der Waals surface area contributed by atoms with E-state index >= 15 is 0 Å². The van der Waals surface area contributed by atoms with Gasteiger partial charge in [-0.3, -0.25) is 4.79 Å². The summed E-state index contributed by atoms with van der Waals surface area (Å²) in [5.41, 5.74) is 0.922. The van der Waals surface area contributed by atoms with Gasteiger partial charge < -0.3 is 10.4 Å². The highest BCUT2D eigenvalue weighted by atomic mass is 79.9. The molecule has 0 bridgehead atoms. The molecule has 2 N–H and O–H groups in total. The predicted molar refractivity (Wildman–Crippen MR) is 74.9 cm³/mol. The number of carboxylic acid groups (broad SMARTS) is 1. The van der Waals surface area contributed by atoms with Gasteiger partial charge in [-0.1, -0.05) is 0 Å². The Labute approximate surface area is 117 Å². The summed E-state index contributed by atoms with van der Waals surface area (Å²) in [6, 6.07) is 7.59. The van der Waals surface area contributed by atoms with Crippen LogP contribution in [0.3, 0.4) is 0 Å². The summed E-state index contributed by atoms with van der Waals surface area (Å²) in [4.78, 5) is 16.7. The maximum Gasteiger partial charge on any atom is 0.308 e. The van der Waals surface area contributed by atoms with Gasteiger partial charge in [-0.15, -0.1) is 11.3 Å². The minimum Gasteiger partial charge on any atom is -0.481 e. The van der Waals surface area contributed by atoms with Gasteiger partial charge in [0.25, 0.3) is 0 Å². The molecule has 0 aliphatic rings. The number of hydrogen-bond acceptors (Lipinski definition) is 4. The van der Waals surface area contributed by atoms with Crippen LogP contribution in [0.2, 0.25) is 0 Å². The molecule has 0 saturated carbocycles. The molecule has 0 atom stereocenters. The Morgan fingerprint density at radius 1 is 1.39 bits per heavy atom. The van der Waals surface area contributed by atoms with Crippen LogP contribution in [0.25, 0.3) is 0 Å². The molecule has 18 heavy (non-hydrogen) atoms. The fourth-order valence-electron chi connectivity index (χ4n) is 1.46. The highest BCUT2D eigenvalue weighted by Gasteiger charge is 2.05. The molecule has 0 amide bonds. The monoisotopic (exact) mass is 326 g/mol. The van der Waals surface area contributed by atoms with E-state index in [4.69, 9.17) is 5.11 Å². The van der Waals surface area contributed by atoms with Crippen LogP contribution in [0.1, 0.15) is 9.75 Å². The molecule has 0 spiro atoms. The first-order chi connectivity index (χ1) is 8.65. The van der Waals surface area contributed by atoms with E-state index in [-0.39, 0.29) is 6.42 Å². The van der Waals surface area contributed by atoms with Gasteiger partial charge in [-0.05, 0) is 40.2 Å². The van der Waals surface area contributed by atoms with Gasteiger partial charge in [0.05, 0.1) is 12.1 Å². The Kier molecular flexibility index (Phi) is 4.33. The second-order valence-electron chi connectivity index (χ2n) is 3.63. The van der Waals surface area contributed by atoms with Crippen molar-refractivity contribution in [3.05, 3.63) is 44.8 Å². The molecule has 0 aromatic carbocycles. The quantitative estimate of drug-likeness (QED) is 0.828. The highest BCUT2D eigenvalue weighted by Crippen LogP contribution is 2.22.